The van der Waals surface area contributed by atoms with Crippen molar-refractivity contribution in [1.29, 1.82) is 0 Å². The number of nitrogens with one attached hydrogen (secondary N) is 1. The third-order valence-electron chi connectivity index (χ3n) is 1.50. The minimum Gasteiger partial charge on any atom is -0.465 e. The molecule has 0 aromatic rings. The Bertz CT molecular complexity index is 192. The summed E-state index contributed by atoms with van der Waals surface area (Å²) in [4.78, 5) is 22.0. The summed E-state index contributed by atoms with van der Waals surface area (Å²) in [5.41, 5.74) is 5.25. The Balaban J connectivity index is 3.77. The van der Waals surface area contributed by atoms with Crippen LogP contribution in [0.4, 0.5) is 0 Å². The van der Waals surface area contributed by atoms with E-state index in [4.69, 9.17) is 10.5 Å². The first kappa shape index (κ1) is 12.9. The monoisotopic (exact) mass is 204 g/mol. The van der Waals surface area contributed by atoms with Gasteiger partial charge >= 0.3 is 5.97 Å². The molecule has 0 aliphatic carbocycles. The number of hydrogen-bond acceptors (Lipinski definition) is 5. The van der Waals surface area contributed by atoms with Crippen LogP contribution >= 0.6 is 0 Å². The van der Waals surface area contributed by atoms with Gasteiger partial charge in [-0.05, 0) is 6.92 Å². The molecule has 0 aliphatic heterocycles. The maximum atomic E-state index is 11.2. The van der Waals surface area contributed by atoms with Crippen LogP contribution in [0.25, 0.3) is 0 Å². The first-order chi connectivity index (χ1) is 6.65. The smallest absolute Gasteiger partial charge is 0.325 e. The molecule has 6 heteroatoms. The van der Waals surface area contributed by atoms with E-state index < -0.39 is 18.0 Å². The minimum atomic E-state index is -0.718. The minimum absolute atomic E-state index is 0.0746. The third-order valence-corrected chi connectivity index (χ3v) is 1.50. The Morgan fingerprint density at radius 2 is 2.14 bits per heavy atom. The van der Waals surface area contributed by atoms with Crippen molar-refractivity contribution < 1.29 is 19.1 Å². The highest BCUT2D eigenvalue weighted by molar-refractivity contribution is 5.85. The molecule has 0 fully saturated rings. The molecule has 0 spiro atoms. The molecule has 3 N–H and O–H groups in total. The van der Waals surface area contributed by atoms with Crippen LogP contribution < -0.4 is 11.1 Å². The van der Waals surface area contributed by atoms with Crippen molar-refractivity contribution in [3.63, 3.8) is 0 Å². The van der Waals surface area contributed by atoms with E-state index in [1.807, 2.05) is 0 Å². The zero-order valence-electron chi connectivity index (χ0n) is 8.41. The molecule has 0 aromatic heterocycles. The number of ether oxygens (including phenoxy) is 2. The van der Waals surface area contributed by atoms with Crippen LogP contribution in [-0.2, 0) is 19.1 Å². The fourth-order valence-corrected chi connectivity index (χ4v) is 0.795. The van der Waals surface area contributed by atoms with Gasteiger partial charge in [0, 0.05) is 13.7 Å². The van der Waals surface area contributed by atoms with Crippen LogP contribution in [0.15, 0.2) is 0 Å². The Hall–Kier alpha value is -1.14. The van der Waals surface area contributed by atoms with Crippen LogP contribution in [0.3, 0.4) is 0 Å². The fourth-order valence-electron chi connectivity index (χ4n) is 0.795. The molecule has 14 heavy (non-hydrogen) atoms. The predicted octanol–water partition coefficient (Wildman–Crippen LogP) is -1.36. The lowest BCUT2D eigenvalue weighted by Crippen LogP contribution is -2.42. The van der Waals surface area contributed by atoms with Gasteiger partial charge in [-0.25, -0.2) is 0 Å². The highest BCUT2D eigenvalue weighted by Crippen LogP contribution is 1.86. The lowest BCUT2D eigenvalue weighted by atomic mass is 10.3. The summed E-state index contributed by atoms with van der Waals surface area (Å²) in [5.74, 6) is -0.893. The topological polar surface area (TPSA) is 90.7 Å². The van der Waals surface area contributed by atoms with Crippen molar-refractivity contribution in [1.82, 2.24) is 5.32 Å². The molecule has 0 heterocycles. The van der Waals surface area contributed by atoms with E-state index in [2.05, 4.69) is 10.1 Å². The molecule has 1 atom stereocenters. The van der Waals surface area contributed by atoms with Gasteiger partial charge in [0.05, 0.1) is 6.61 Å². The third kappa shape index (κ3) is 4.78. The average Bonchev–Trinajstić information content (AvgIpc) is 2.17. The number of carbonyl (C=O) groups excluding carboxylic acids is 2. The standard InChI is InChI=1S/C8H16N2O4/c1-3-14-7(11)5-10-8(12)6(4-9)13-2/h6H,3-5,9H2,1-2H3,(H,10,12). The number of carbonyl (C=O) groups is 2. The molecule has 0 bridgehead atoms. The lowest BCUT2D eigenvalue weighted by Gasteiger charge is -2.12. The Morgan fingerprint density at radius 3 is 2.57 bits per heavy atom. The van der Waals surface area contributed by atoms with Crippen LogP contribution in [0, 0.1) is 0 Å². The second-order valence-corrected chi connectivity index (χ2v) is 2.48. The van der Waals surface area contributed by atoms with Crippen molar-refractivity contribution in [3.8, 4) is 0 Å². The summed E-state index contributed by atoms with van der Waals surface area (Å²) < 4.78 is 9.38. The molecule has 6 nitrogen and oxygen atoms in total. The van der Waals surface area contributed by atoms with E-state index in [1.54, 1.807) is 6.92 Å². The predicted molar refractivity (Wildman–Crippen MR) is 49.5 cm³/mol. The summed E-state index contributed by atoms with van der Waals surface area (Å²) in [6.07, 6.45) is -0.718. The molecule has 0 aromatic carbocycles. The first-order valence-corrected chi connectivity index (χ1v) is 4.31. The van der Waals surface area contributed by atoms with Crippen LogP contribution in [0.1, 0.15) is 6.92 Å². The van der Waals surface area contributed by atoms with Crippen molar-refractivity contribution >= 4 is 11.9 Å². The molecule has 1 unspecified atom stereocenters. The SMILES string of the molecule is CCOC(=O)CNC(=O)C(CN)OC. The van der Waals surface area contributed by atoms with Crippen molar-refractivity contribution in [2.75, 3.05) is 26.8 Å². The number of rotatable bonds is 6. The Labute approximate surface area is 82.7 Å². The largest absolute Gasteiger partial charge is 0.465 e. The van der Waals surface area contributed by atoms with Crippen molar-refractivity contribution in [2.45, 2.75) is 13.0 Å². The fraction of sp³-hybridized carbons (Fsp3) is 0.750. The number of hydrogen-bond donors (Lipinski definition) is 2. The summed E-state index contributed by atoms with van der Waals surface area (Å²) >= 11 is 0. The number of methoxy groups -OCH3 is 1. The molecular formula is C8H16N2O4. The summed E-state index contributed by atoms with van der Waals surface area (Å²) in [5, 5.41) is 2.35. The van der Waals surface area contributed by atoms with Gasteiger partial charge in [0.25, 0.3) is 5.91 Å². The van der Waals surface area contributed by atoms with E-state index in [0.717, 1.165) is 0 Å². The molecule has 0 radical (unpaired) electrons. The number of esters is 1. The van der Waals surface area contributed by atoms with Crippen LogP contribution in [0.2, 0.25) is 0 Å². The molecule has 1 amide bonds. The zero-order valence-corrected chi connectivity index (χ0v) is 8.41. The Kier molecular flexibility index (Phi) is 6.69. The van der Waals surface area contributed by atoms with Crippen molar-refractivity contribution in [3.05, 3.63) is 0 Å². The zero-order chi connectivity index (χ0) is 11.0. The van der Waals surface area contributed by atoms with Gasteiger partial charge in [-0.1, -0.05) is 0 Å². The second-order valence-electron chi connectivity index (χ2n) is 2.48. The maximum Gasteiger partial charge on any atom is 0.325 e. The molecule has 0 rings (SSSR count). The van der Waals surface area contributed by atoms with Gasteiger partial charge in [0.15, 0.2) is 0 Å². The van der Waals surface area contributed by atoms with Crippen LogP contribution in [-0.4, -0.2) is 44.8 Å². The average molecular weight is 204 g/mol. The van der Waals surface area contributed by atoms with Crippen molar-refractivity contribution in [2.24, 2.45) is 5.73 Å². The number of nitrogens with two attached hydrogens (primary N) is 1. The van der Waals surface area contributed by atoms with Gasteiger partial charge in [0.2, 0.25) is 0 Å². The molecule has 0 saturated heterocycles. The van der Waals surface area contributed by atoms with E-state index in [-0.39, 0.29) is 13.1 Å². The van der Waals surface area contributed by atoms with E-state index in [0.29, 0.717) is 6.61 Å². The van der Waals surface area contributed by atoms with Crippen LogP contribution in [0.5, 0.6) is 0 Å². The summed E-state index contributed by atoms with van der Waals surface area (Å²) in [6, 6.07) is 0. The van der Waals surface area contributed by atoms with E-state index >= 15 is 0 Å². The summed E-state index contributed by atoms with van der Waals surface area (Å²) in [7, 11) is 1.38. The van der Waals surface area contributed by atoms with Gasteiger partial charge in [-0.3, -0.25) is 9.59 Å². The highest BCUT2D eigenvalue weighted by Gasteiger charge is 2.16. The first-order valence-electron chi connectivity index (χ1n) is 4.31. The summed E-state index contributed by atoms with van der Waals surface area (Å²) in [6.45, 7) is 1.90. The molecule has 0 aliphatic rings. The number of amides is 1. The van der Waals surface area contributed by atoms with Gasteiger partial charge in [0.1, 0.15) is 12.6 Å². The molecule has 82 valence electrons. The van der Waals surface area contributed by atoms with Gasteiger partial charge in [-0.2, -0.15) is 0 Å². The van der Waals surface area contributed by atoms with Gasteiger partial charge < -0.3 is 20.5 Å². The van der Waals surface area contributed by atoms with Gasteiger partial charge in [-0.15, -0.1) is 0 Å². The quantitative estimate of drug-likeness (QED) is 0.521. The maximum absolute atomic E-state index is 11.2. The highest BCUT2D eigenvalue weighted by atomic mass is 16.5. The molecular weight excluding hydrogens is 188 g/mol. The lowest BCUT2D eigenvalue weighted by molar-refractivity contribution is -0.144. The van der Waals surface area contributed by atoms with E-state index in [9.17, 15) is 9.59 Å². The normalized spacial score (nSPS) is 11.9. The van der Waals surface area contributed by atoms with E-state index in [1.165, 1.54) is 7.11 Å². The Morgan fingerprint density at radius 1 is 1.50 bits per heavy atom. The second kappa shape index (κ2) is 7.28. The molecule has 0 saturated carbocycles.